The summed E-state index contributed by atoms with van der Waals surface area (Å²) in [5.41, 5.74) is 1.52. The summed E-state index contributed by atoms with van der Waals surface area (Å²) >= 11 is 1.43. The number of benzene rings is 1. The molecule has 0 amide bonds. The fraction of sp³-hybridized carbons (Fsp3) is 0.450. The van der Waals surface area contributed by atoms with Crippen LogP contribution in [0.5, 0.6) is 0 Å². The van der Waals surface area contributed by atoms with Crippen molar-refractivity contribution in [1.29, 1.82) is 0 Å². The van der Waals surface area contributed by atoms with E-state index < -0.39 is 11.6 Å². The molecule has 0 fully saturated rings. The average Bonchev–Trinajstić information content (AvgIpc) is 3.03. The van der Waals surface area contributed by atoms with E-state index in [-0.39, 0.29) is 6.42 Å². The SMILES string of the molecule is CCOCc1nc2c(SCCC(=O)ON)nc3ccccc3c2n1CC(C)(C)O. The number of nitrogens with zero attached hydrogens (tertiary/aromatic N) is 3. The van der Waals surface area contributed by atoms with Crippen molar-refractivity contribution in [1.82, 2.24) is 14.5 Å². The Bertz CT molecular complexity index is 1010. The van der Waals surface area contributed by atoms with Crippen LogP contribution >= 0.6 is 11.8 Å². The van der Waals surface area contributed by atoms with Gasteiger partial charge in [0.25, 0.3) is 0 Å². The maximum Gasteiger partial charge on any atom is 0.325 e. The fourth-order valence-electron chi connectivity index (χ4n) is 3.11. The van der Waals surface area contributed by atoms with Gasteiger partial charge in [-0.2, -0.15) is 5.90 Å². The Morgan fingerprint density at radius 2 is 2.07 bits per heavy atom. The molecule has 156 valence electrons. The van der Waals surface area contributed by atoms with E-state index in [2.05, 4.69) is 4.84 Å². The van der Waals surface area contributed by atoms with Crippen molar-refractivity contribution in [3.05, 3.63) is 30.1 Å². The topological polar surface area (TPSA) is 112 Å². The second-order valence-corrected chi connectivity index (χ2v) is 8.37. The predicted molar refractivity (Wildman–Crippen MR) is 112 cm³/mol. The molecule has 2 aromatic heterocycles. The van der Waals surface area contributed by atoms with E-state index >= 15 is 0 Å². The number of pyridine rings is 1. The summed E-state index contributed by atoms with van der Waals surface area (Å²) in [6.07, 6.45) is 0.174. The molecular weight excluding hydrogens is 392 g/mol. The molecule has 0 aliphatic heterocycles. The Labute approximate surface area is 173 Å². The van der Waals surface area contributed by atoms with Gasteiger partial charge in [-0.3, -0.25) is 4.79 Å². The zero-order chi connectivity index (χ0) is 21.0. The van der Waals surface area contributed by atoms with Crippen LogP contribution in [0.25, 0.3) is 21.9 Å². The number of hydrogen-bond donors (Lipinski definition) is 2. The molecule has 3 rings (SSSR count). The van der Waals surface area contributed by atoms with Gasteiger partial charge in [0, 0.05) is 17.7 Å². The highest BCUT2D eigenvalue weighted by Gasteiger charge is 2.23. The van der Waals surface area contributed by atoms with E-state index in [1.54, 1.807) is 13.8 Å². The third-order valence-corrected chi connectivity index (χ3v) is 5.25. The quantitative estimate of drug-likeness (QED) is 0.403. The Kier molecular flexibility index (Phi) is 6.74. The molecule has 3 N–H and O–H groups in total. The van der Waals surface area contributed by atoms with Gasteiger partial charge in [-0.15, -0.1) is 11.8 Å². The number of carbonyl (C=O) groups is 1. The zero-order valence-electron chi connectivity index (χ0n) is 16.8. The standard InChI is InChI=1S/C20H26N4O4S/c1-4-27-11-15-23-17-18(24(15)12-20(2,3)26)13-7-5-6-8-14(13)22-19(17)29-10-9-16(25)28-21/h5-8,26H,4,9-12,21H2,1-3H3. The molecular formula is C20H26N4O4S. The molecule has 0 aliphatic carbocycles. The monoisotopic (exact) mass is 418 g/mol. The van der Waals surface area contributed by atoms with Gasteiger partial charge < -0.3 is 19.2 Å². The Balaban J connectivity index is 2.16. The van der Waals surface area contributed by atoms with Crippen LogP contribution in [-0.2, 0) is 27.5 Å². The van der Waals surface area contributed by atoms with Crippen molar-refractivity contribution >= 4 is 39.7 Å². The van der Waals surface area contributed by atoms with Gasteiger partial charge in [0.2, 0.25) is 0 Å². The number of thioether (sulfide) groups is 1. The van der Waals surface area contributed by atoms with Crippen molar-refractivity contribution < 1.29 is 19.5 Å². The highest BCUT2D eigenvalue weighted by Crippen LogP contribution is 2.33. The van der Waals surface area contributed by atoms with Gasteiger partial charge in [-0.25, -0.2) is 9.97 Å². The molecule has 9 heteroatoms. The van der Waals surface area contributed by atoms with Crippen LogP contribution in [0.3, 0.4) is 0 Å². The van der Waals surface area contributed by atoms with Gasteiger partial charge in [0.15, 0.2) is 0 Å². The lowest BCUT2D eigenvalue weighted by atomic mass is 10.1. The highest BCUT2D eigenvalue weighted by molar-refractivity contribution is 7.99. The lowest BCUT2D eigenvalue weighted by Gasteiger charge is -2.20. The Morgan fingerprint density at radius 3 is 2.76 bits per heavy atom. The minimum absolute atomic E-state index is 0.174. The lowest BCUT2D eigenvalue weighted by Crippen LogP contribution is -2.27. The molecule has 0 saturated heterocycles. The molecule has 0 spiro atoms. The van der Waals surface area contributed by atoms with Crippen LogP contribution in [0.2, 0.25) is 0 Å². The van der Waals surface area contributed by atoms with Gasteiger partial charge in [-0.1, -0.05) is 18.2 Å². The third-order valence-electron chi connectivity index (χ3n) is 4.29. The van der Waals surface area contributed by atoms with Crippen LogP contribution in [0.15, 0.2) is 29.3 Å². The third kappa shape index (κ3) is 5.05. The maximum absolute atomic E-state index is 11.4. The van der Waals surface area contributed by atoms with Crippen LogP contribution in [0, 0.1) is 0 Å². The molecule has 8 nitrogen and oxygen atoms in total. The second-order valence-electron chi connectivity index (χ2n) is 7.28. The molecule has 29 heavy (non-hydrogen) atoms. The Morgan fingerprint density at radius 1 is 1.31 bits per heavy atom. The summed E-state index contributed by atoms with van der Waals surface area (Å²) in [6.45, 7) is 6.72. The maximum atomic E-state index is 11.4. The summed E-state index contributed by atoms with van der Waals surface area (Å²) in [5.74, 6) is 5.64. The first-order valence-electron chi connectivity index (χ1n) is 9.44. The summed E-state index contributed by atoms with van der Waals surface area (Å²) in [7, 11) is 0. The van der Waals surface area contributed by atoms with Gasteiger partial charge in [-0.05, 0) is 26.8 Å². The second kappa shape index (κ2) is 9.08. The van der Waals surface area contributed by atoms with Crippen LogP contribution in [0.4, 0.5) is 0 Å². The van der Waals surface area contributed by atoms with Crippen molar-refractivity contribution in [2.75, 3.05) is 12.4 Å². The van der Waals surface area contributed by atoms with E-state index in [0.29, 0.717) is 25.5 Å². The number of aromatic nitrogens is 3. The largest absolute Gasteiger partial charge is 0.389 e. The first-order valence-corrected chi connectivity index (χ1v) is 10.4. The number of fused-ring (bicyclic) bond motifs is 3. The molecule has 0 unspecified atom stereocenters. The number of para-hydroxylation sites is 1. The first-order chi connectivity index (χ1) is 13.8. The smallest absolute Gasteiger partial charge is 0.325 e. The molecule has 1 aromatic carbocycles. The zero-order valence-corrected chi connectivity index (χ0v) is 17.7. The minimum Gasteiger partial charge on any atom is -0.389 e. The molecule has 0 atom stereocenters. The van der Waals surface area contributed by atoms with Crippen LogP contribution in [-0.4, -0.2) is 43.6 Å². The molecule has 0 radical (unpaired) electrons. The summed E-state index contributed by atoms with van der Waals surface area (Å²) in [6, 6.07) is 7.82. The van der Waals surface area contributed by atoms with Crippen molar-refractivity contribution in [3.63, 3.8) is 0 Å². The van der Waals surface area contributed by atoms with Crippen molar-refractivity contribution in [2.24, 2.45) is 5.90 Å². The first kappa shape index (κ1) is 21.5. The van der Waals surface area contributed by atoms with Crippen molar-refractivity contribution in [2.45, 2.75) is 51.0 Å². The summed E-state index contributed by atoms with van der Waals surface area (Å²) in [5, 5.41) is 12.2. The van der Waals surface area contributed by atoms with Crippen LogP contribution in [0.1, 0.15) is 33.0 Å². The molecule has 2 heterocycles. The van der Waals surface area contributed by atoms with Crippen LogP contribution < -0.4 is 5.90 Å². The number of imidazole rings is 1. The fourth-order valence-corrected chi connectivity index (χ4v) is 4.01. The summed E-state index contributed by atoms with van der Waals surface area (Å²) < 4.78 is 7.62. The van der Waals surface area contributed by atoms with Crippen molar-refractivity contribution in [3.8, 4) is 0 Å². The van der Waals surface area contributed by atoms with E-state index in [4.69, 9.17) is 20.6 Å². The summed E-state index contributed by atoms with van der Waals surface area (Å²) in [4.78, 5) is 25.2. The number of aliphatic hydroxyl groups is 1. The predicted octanol–water partition coefficient (Wildman–Crippen LogP) is 2.79. The van der Waals surface area contributed by atoms with E-state index in [1.165, 1.54) is 11.8 Å². The number of ether oxygens (including phenoxy) is 1. The van der Waals surface area contributed by atoms with E-state index in [0.717, 1.165) is 32.8 Å². The number of rotatable bonds is 9. The Hall–Kier alpha value is -2.20. The van der Waals surface area contributed by atoms with Gasteiger partial charge in [0.1, 0.15) is 23.0 Å². The minimum atomic E-state index is -0.933. The highest BCUT2D eigenvalue weighted by atomic mass is 32.2. The molecule has 3 aromatic rings. The average molecular weight is 419 g/mol. The number of hydrogen-bond acceptors (Lipinski definition) is 8. The molecule has 0 aliphatic rings. The number of carbonyl (C=O) groups excluding carboxylic acids is 1. The van der Waals surface area contributed by atoms with Gasteiger partial charge >= 0.3 is 5.97 Å². The van der Waals surface area contributed by atoms with E-state index in [1.807, 2.05) is 35.8 Å². The molecule has 0 saturated carbocycles. The van der Waals surface area contributed by atoms with E-state index in [9.17, 15) is 9.90 Å². The lowest BCUT2D eigenvalue weighted by molar-refractivity contribution is -0.143. The molecule has 0 bridgehead atoms. The normalized spacial score (nSPS) is 12.0. The van der Waals surface area contributed by atoms with Gasteiger partial charge in [0.05, 0.1) is 29.6 Å². The number of nitrogens with two attached hydrogens (primary N) is 1.